The van der Waals surface area contributed by atoms with Gasteiger partial charge in [-0.2, -0.15) is 4.31 Å². The third-order valence-electron chi connectivity index (χ3n) is 4.74. The molecule has 0 atom stereocenters. The van der Waals surface area contributed by atoms with E-state index < -0.39 is 10.0 Å². The SMILES string of the molecule is O=C(c1csc(NC2CC2)n1)N1CCN(S(=O)(=O)Cc2ccccc2)CC1. The maximum absolute atomic E-state index is 12.6. The molecular formula is C18H22N4O3S2. The minimum Gasteiger partial charge on any atom is -0.359 e. The Kier molecular flexibility index (Phi) is 5.16. The van der Waals surface area contributed by atoms with Crippen molar-refractivity contribution in [3.63, 3.8) is 0 Å². The molecule has 4 rings (SSSR count). The summed E-state index contributed by atoms with van der Waals surface area (Å²) >= 11 is 1.44. The van der Waals surface area contributed by atoms with Crippen molar-refractivity contribution in [2.45, 2.75) is 24.6 Å². The molecule has 0 bridgehead atoms. The maximum Gasteiger partial charge on any atom is 0.273 e. The molecule has 1 N–H and O–H groups in total. The Morgan fingerprint density at radius 1 is 1.15 bits per heavy atom. The molecule has 1 aromatic heterocycles. The van der Waals surface area contributed by atoms with E-state index in [4.69, 9.17) is 0 Å². The highest BCUT2D eigenvalue weighted by Gasteiger charge is 2.30. The maximum atomic E-state index is 12.6. The number of piperazine rings is 1. The average molecular weight is 407 g/mol. The van der Waals surface area contributed by atoms with Gasteiger partial charge in [-0.15, -0.1) is 11.3 Å². The standard InChI is InChI=1S/C18H22N4O3S2/c23-17(16-12-26-18(20-16)19-15-6-7-15)21-8-10-22(11-9-21)27(24,25)13-14-4-2-1-3-5-14/h1-5,12,15H,6-11,13H2,(H,19,20). The van der Waals surface area contributed by atoms with Crippen molar-refractivity contribution in [1.82, 2.24) is 14.2 Å². The van der Waals surface area contributed by atoms with Crippen molar-refractivity contribution in [3.8, 4) is 0 Å². The molecule has 2 heterocycles. The number of carbonyl (C=O) groups excluding carboxylic acids is 1. The molecule has 2 aliphatic rings. The number of benzene rings is 1. The van der Waals surface area contributed by atoms with E-state index in [1.807, 2.05) is 30.3 Å². The number of carbonyl (C=O) groups is 1. The third kappa shape index (κ3) is 4.48. The largest absolute Gasteiger partial charge is 0.359 e. The molecule has 7 nitrogen and oxygen atoms in total. The molecule has 1 aliphatic heterocycles. The molecule has 144 valence electrons. The summed E-state index contributed by atoms with van der Waals surface area (Å²) in [6.07, 6.45) is 2.31. The quantitative estimate of drug-likeness (QED) is 0.793. The van der Waals surface area contributed by atoms with Gasteiger partial charge in [-0.05, 0) is 18.4 Å². The number of nitrogens with zero attached hydrogens (tertiary/aromatic N) is 3. The number of hydrogen-bond acceptors (Lipinski definition) is 6. The number of thiazole rings is 1. The first-order chi connectivity index (χ1) is 13.0. The zero-order chi connectivity index (χ0) is 18.9. The van der Waals surface area contributed by atoms with E-state index >= 15 is 0 Å². The average Bonchev–Trinajstić information content (AvgIpc) is 3.36. The fourth-order valence-electron chi connectivity index (χ4n) is 3.05. The molecule has 2 fully saturated rings. The van der Waals surface area contributed by atoms with Crippen molar-refractivity contribution in [1.29, 1.82) is 0 Å². The molecule has 0 radical (unpaired) electrons. The van der Waals surface area contributed by atoms with Gasteiger partial charge in [-0.3, -0.25) is 4.79 Å². The van der Waals surface area contributed by atoms with Crippen LogP contribution in [-0.2, 0) is 15.8 Å². The molecule has 1 aliphatic carbocycles. The minimum absolute atomic E-state index is 0.00985. The van der Waals surface area contributed by atoms with E-state index in [1.54, 1.807) is 10.3 Å². The van der Waals surface area contributed by atoms with Crippen LogP contribution in [0, 0.1) is 0 Å². The second-order valence-corrected chi connectivity index (χ2v) is 9.72. The second kappa shape index (κ2) is 7.57. The Bertz CT molecular complexity index is 902. The summed E-state index contributed by atoms with van der Waals surface area (Å²) in [6.45, 7) is 1.40. The summed E-state index contributed by atoms with van der Waals surface area (Å²) in [6, 6.07) is 9.66. The summed E-state index contributed by atoms with van der Waals surface area (Å²) in [7, 11) is -3.38. The highest BCUT2D eigenvalue weighted by atomic mass is 32.2. The number of amides is 1. The smallest absolute Gasteiger partial charge is 0.273 e. The molecule has 1 aromatic carbocycles. The van der Waals surface area contributed by atoms with Crippen LogP contribution < -0.4 is 5.32 Å². The van der Waals surface area contributed by atoms with Crippen molar-refractivity contribution in [3.05, 3.63) is 47.0 Å². The van der Waals surface area contributed by atoms with Crippen LogP contribution in [0.1, 0.15) is 28.9 Å². The molecular weight excluding hydrogens is 384 g/mol. The molecule has 0 unspecified atom stereocenters. The summed E-state index contributed by atoms with van der Waals surface area (Å²) in [5.41, 5.74) is 1.21. The van der Waals surface area contributed by atoms with Crippen LogP contribution in [0.4, 0.5) is 5.13 Å². The van der Waals surface area contributed by atoms with Crippen LogP contribution in [0.15, 0.2) is 35.7 Å². The van der Waals surface area contributed by atoms with Crippen LogP contribution in [0.5, 0.6) is 0 Å². The molecule has 1 saturated heterocycles. The molecule has 0 spiro atoms. The predicted molar refractivity (Wildman–Crippen MR) is 105 cm³/mol. The van der Waals surface area contributed by atoms with E-state index in [0.29, 0.717) is 37.9 Å². The highest BCUT2D eigenvalue weighted by Crippen LogP contribution is 2.27. The normalized spacial score (nSPS) is 18.4. The topological polar surface area (TPSA) is 82.6 Å². The van der Waals surface area contributed by atoms with Crippen LogP contribution in [0.25, 0.3) is 0 Å². The van der Waals surface area contributed by atoms with Gasteiger partial charge in [0.05, 0.1) is 5.75 Å². The summed E-state index contributed by atoms with van der Waals surface area (Å²) in [4.78, 5) is 18.7. The fraction of sp³-hybridized carbons (Fsp3) is 0.444. The molecule has 9 heteroatoms. The number of nitrogens with one attached hydrogen (secondary N) is 1. The Labute approximate surface area is 163 Å². The highest BCUT2D eigenvalue weighted by molar-refractivity contribution is 7.88. The van der Waals surface area contributed by atoms with Gasteiger partial charge in [-0.1, -0.05) is 30.3 Å². The Hall–Kier alpha value is -1.97. The van der Waals surface area contributed by atoms with Crippen LogP contribution in [-0.4, -0.2) is 60.7 Å². The number of hydrogen-bond donors (Lipinski definition) is 1. The van der Waals surface area contributed by atoms with Crippen LogP contribution in [0.2, 0.25) is 0 Å². The van der Waals surface area contributed by atoms with Crippen molar-refractivity contribution >= 4 is 32.4 Å². The number of aromatic nitrogens is 1. The first-order valence-electron chi connectivity index (χ1n) is 9.04. The fourth-order valence-corrected chi connectivity index (χ4v) is 5.33. The Morgan fingerprint density at radius 2 is 1.85 bits per heavy atom. The summed E-state index contributed by atoms with van der Waals surface area (Å²) in [5.74, 6) is -0.139. The lowest BCUT2D eigenvalue weighted by Gasteiger charge is -2.33. The van der Waals surface area contributed by atoms with E-state index in [1.165, 1.54) is 15.6 Å². The first kappa shape index (κ1) is 18.4. The zero-order valence-corrected chi connectivity index (χ0v) is 16.5. The van der Waals surface area contributed by atoms with Crippen molar-refractivity contribution < 1.29 is 13.2 Å². The van der Waals surface area contributed by atoms with E-state index in [2.05, 4.69) is 10.3 Å². The molecule has 1 saturated carbocycles. The van der Waals surface area contributed by atoms with Gasteiger partial charge in [0.25, 0.3) is 5.91 Å². The van der Waals surface area contributed by atoms with E-state index in [-0.39, 0.29) is 11.7 Å². The van der Waals surface area contributed by atoms with Crippen LogP contribution in [0.3, 0.4) is 0 Å². The molecule has 2 aromatic rings. The van der Waals surface area contributed by atoms with E-state index in [9.17, 15) is 13.2 Å². The number of rotatable bonds is 6. The number of sulfonamides is 1. The number of anilines is 1. The van der Waals surface area contributed by atoms with Gasteiger partial charge in [0.2, 0.25) is 10.0 Å². The van der Waals surface area contributed by atoms with Gasteiger partial charge in [0.15, 0.2) is 5.13 Å². The van der Waals surface area contributed by atoms with Gasteiger partial charge in [0, 0.05) is 37.6 Å². The second-order valence-electron chi connectivity index (χ2n) is 6.89. The van der Waals surface area contributed by atoms with Gasteiger partial charge < -0.3 is 10.2 Å². The van der Waals surface area contributed by atoms with Crippen molar-refractivity contribution in [2.75, 3.05) is 31.5 Å². The lowest BCUT2D eigenvalue weighted by atomic mass is 10.2. The van der Waals surface area contributed by atoms with Gasteiger partial charge in [-0.25, -0.2) is 13.4 Å². The van der Waals surface area contributed by atoms with E-state index in [0.717, 1.165) is 23.5 Å². The molecule has 1 amide bonds. The van der Waals surface area contributed by atoms with Gasteiger partial charge >= 0.3 is 0 Å². The summed E-state index contributed by atoms with van der Waals surface area (Å²) in [5, 5.41) is 5.85. The third-order valence-corrected chi connectivity index (χ3v) is 7.36. The Morgan fingerprint density at radius 3 is 2.52 bits per heavy atom. The zero-order valence-electron chi connectivity index (χ0n) is 14.9. The summed E-state index contributed by atoms with van der Waals surface area (Å²) < 4.78 is 26.7. The lowest BCUT2D eigenvalue weighted by Crippen LogP contribution is -2.50. The molecule has 27 heavy (non-hydrogen) atoms. The lowest BCUT2D eigenvalue weighted by molar-refractivity contribution is 0.0693. The Balaban J connectivity index is 1.33. The van der Waals surface area contributed by atoms with Gasteiger partial charge in [0.1, 0.15) is 5.69 Å². The monoisotopic (exact) mass is 406 g/mol. The van der Waals surface area contributed by atoms with Crippen LogP contribution >= 0.6 is 11.3 Å². The van der Waals surface area contributed by atoms with Crippen molar-refractivity contribution in [2.24, 2.45) is 0 Å². The first-order valence-corrected chi connectivity index (χ1v) is 11.5. The predicted octanol–water partition coefficient (Wildman–Crippen LogP) is 2.01. The minimum atomic E-state index is -3.38.